The predicted molar refractivity (Wildman–Crippen MR) is 73.3 cm³/mol. The standard InChI is InChI=1S/C15H22N2O/c1-3-4-9-17(2)15(18)14-10-12-7-5-6-8-13(12)11-16-14/h5-8,14,16H,3-4,9-11H2,1-2H3. The van der Waals surface area contributed by atoms with Crippen molar-refractivity contribution in [2.45, 2.75) is 38.8 Å². The number of carbonyl (C=O) groups excluding carboxylic acids is 1. The van der Waals surface area contributed by atoms with Gasteiger partial charge in [0.25, 0.3) is 0 Å². The first-order valence-electron chi connectivity index (χ1n) is 6.77. The molecule has 1 aliphatic rings. The van der Waals surface area contributed by atoms with Crippen molar-refractivity contribution < 1.29 is 4.79 Å². The number of unbranched alkanes of at least 4 members (excludes halogenated alkanes) is 1. The van der Waals surface area contributed by atoms with Crippen LogP contribution in [0.1, 0.15) is 30.9 Å². The van der Waals surface area contributed by atoms with Gasteiger partial charge >= 0.3 is 0 Å². The number of hydrogen-bond donors (Lipinski definition) is 1. The molecule has 0 saturated carbocycles. The van der Waals surface area contributed by atoms with Gasteiger partial charge in [0.1, 0.15) is 0 Å². The van der Waals surface area contributed by atoms with Gasteiger partial charge in [0.05, 0.1) is 6.04 Å². The summed E-state index contributed by atoms with van der Waals surface area (Å²) >= 11 is 0. The van der Waals surface area contributed by atoms with E-state index in [2.05, 4.69) is 30.4 Å². The Labute approximate surface area is 109 Å². The maximum absolute atomic E-state index is 12.3. The molecule has 1 N–H and O–H groups in total. The fraction of sp³-hybridized carbons (Fsp3) is 0.533. The molecule has 0 radical (unpaired) electrons. The van der Waals surface area contributed by atoms with Gasteiger partial charge in [-0.3, -0.25) is 4.79 Å². The van der Waals surface area contributed by atoms with Crippen LogP contribution >= 0.6 is 0 Å². The molecular weight excluding hydrogens is 224 g/mol. The van der Waals surface area contributed by atoms with Crippen LogP contribution in [-0.2, 0) is 17.8 Å². The summed E-state index contributed by atoms with van der Waals surface area (Å²) in [7, 11) is 1.90. The summed E-state index contributed by atoms with van der Waals surface area (Å²) in [6.07, 6.45) is 3.01. The van der Waals surface area contributed by atoms with Crippen molar-refractivity contribution in [3.05, 3.63) is 35.4 Å². The van der Waals surface area contributed by atoms with Gasteiger partial charge in [-0.15, -0.1) is 0 Å². The Bertz CT molecular complexity index is 417. The van der Waals surface area contributed by atoms with Crippen molar-refractivity contribution in [3.8, 4) is 0 Å². The fourth-order valence-electron chi connectivity index (χ4n) is 2.40. The molecule has 18 heavy (non-hydrogen) atoms. The Kier molecular flexibility index (Phi) is 4.37. The number of likely N-dealkylation sites (N-methyl/N-ethyl adjacent to an activating group) is 1. The minimum Gasteiger partial charge on any atom is -0.344 e. The van der Waals surface area contributed by atoms with E-state index in [4.69, 9.17) is 0 Å². The second-order valence-corrected chi connectivity index (χ2v) is 5.02. The Hall–Kier alpha value is -1.35. The second-order valence-electron chi connectivity index (χ2n) is 5.02. The summed E-state index contributed by atoms with van der Waals surface area (Å²) in [6, 6.07) is 8.30. The lowest BCUT2D eigenvalue weighted by Gasteiger charge is -2.29. The number of benzene rings is 1. The second kappa shape index (κ2) is 6.01. The number of rotatable bonds is 4. The van der Waals surface area contributed by atoms with Gasteiger partial charge in [-0.1, -0.05) is 37.6 Å². The molecule has 0 saturated heterocycles. The van der Waals surface area contributed by atoms with Gasteiger partial charge in [-0.2, -0.15) is 0 Å². The maximum Gasteiger partial charge on any atom is 0.239 e. The van der Waals surface area contributed by atoms with E-state index < -0.39 is 0 Å². The molecule has 0 aliphatic carbocycles. The number of nitrogens with one attached hydrogen (secondary N) is 1. The Morgan fingerprint density at radius 2 is 2.11 bits per heavy atom. The molecule has 0 aromatic heterocycles. The summed E-state index contributed by atoms with van der Waals surface area (Å²) in [4.78, 5) is 14.1. The molecule has 1 amide bonds. The molecule has 0 bridgehead atoms. The molecule has 0 fully saturated rings. The van der Waals surface area contributed by atoms with Crippen LogP contribution in [0.4, 0.5) is 0 Å². The summed E-state index contributed by atoms with van der Waals surface area (Å²) in [5.41, 5.74) is 2.62. The molecule has 3 nitrogen and oxygen atoms in total. The Morgan fingerprint density at radius 3 is 2.83 bits per heavy atom. The Balaban J connectivity index is 1.98. The number of amides is 1. The van der Waals surface area contributed by atoms with Crippen molar-refractivity contribution in [3.63, 3.8) is 0 Å². The molecule has 1 aliphatic heterocycles. The van der Waals surface area contributed by atoms with Crippen molar-refractivity contribution in [2.24, 2.45) is 0 Å². The van der Waals surface area contributed by atoms with E-state index in [-0.39, 0.29) is 11.9 Å². The summed E-state index contributed by atoms with van der Waals surface area (Å²) < 4.78 is 0. The van der Waals surface area contributed by atoms with Crippen molar-refractivity contribution >= 4 is 5.91 Å². The maximum atomic E-state index is 12.3. The highest BCUT2D eigenvalue weighted by atomic mass is 16.2. The SMILES string of the molecule is CCCCN(C)C(=O)C1Cc2ccccc2CN1. The average molecular weight is 246 g/mol. The van der Waals surface area contributed by atoms with E-state index in [0.717, 1.165) is 32.4 Å². The molecule has 0 spiro atoms. The monoisotopic (exact) mass is 246 g/mol. The smallest absolute Gasteiger partial charge is 0.239 e. The van der Waals surface area contributed by atoms with Crippen molar-refractivity contribution in [1.29, 1.82) is 0 Å². The summed E-state index contributed by atoms with van der Waals surface area (Å²) in [5.74, 6) is 0.220. The quantitative estimate of drug-likeness (QED) is 0.881. The van der Waals surface area contributed by atoms with Crippen LogP contribution in [0.2, 0.25) is 0 Å². The van der Waals surface area contributed by atoms with Crippen LogP contribution in [-0.4, -0.2) is 30.4 Å². The first kappa shape index (κ1) is 13.1. The van der Waals surface area contributed by atoms with Gasteiger partial charge in [0, 0.05) is 20.1 Å². The zero-order valence-electron chi connectivity index (χ0n) is 11.3. The highest BCUT2D eigenvalue weighted by molar-refractivity contribution is 5.82. The zero-order valence-corrected chi connectivity index (χ0v) is 11.3. The highest BCUT2D eigenvalue weighted by Crippen LogP contribution is 2.17. The number of carbonyl (C=O) groups is 1. The molecule has 1 atom stereocenters. The lowest BCUT2D eigenvalue weighted by atomic mass is 9.95. The van der Waals surface area contributed by atoms with Crippen LogP contribution in [0.3, 0.4) is 0 Å². The minimum atomic E-state index is -0.0539. The molecule has 3 heteroatoms. The third-order valence-electron chi connectivity index (χ3n) is 3.60. The third kappa shape index (κ3) is 2.91. The number of fused-ring (bicyclic) bond motifs is 1. The van der Waals surface area contributed by atoms with Crippen LogP contribution < -0.4 is 5.32 Å². The minimum absolute atomic E-state index is 0.0539. The zero-order chi connectivity index (χ0) is 13.0. The molecule has 1 aromatic carbocycles. The Morgan fingerprint density at radius 1 is 1.39 bits per heavy atom. The molecule has 98 valence electrons. The van der Waals surface area contributed by atoms with E-state index in [1.165, 1.54) is 11.1 Å². The van der Waals surface area contributed by atoms with Gasteiger partial charge in [0.2, 0.25) is 5.91 Å². The van der Waals surface area contributed by atoms with E-state index in [1.807, 2.05) is 18.0 Å². The van der Waals surface area contributed by atoms with Gasteiger partial charge in [-0.25, -0.2) is 0 Å². The van der Waals surface area contributed by atoms with E-state index in [1.54, 1.807) is 0 Å². The largest absolute Gasteiger partial charge is 0.344 e. The fourth-order valence-corrected chi connectivity index (χ4v) is 2.40. The van der Waals surface area contributed by atoms with Gasteiger partial charge in [0.15, 0.2) is 0 Å². The molecular formula is C15H22N2O. The van der Waals surface area contributed by atoms with Crippen LogP contribution in [0, 0.1) is 0 Å². The normalized spacial score (nSPS) is 18.2. The topological polar surface area (TPSA) is 32.3 Å². The lowest BCUT2D eigenvalue weighted by Crippen LogP contribution is -2.48. The van der Waals surface area contributed by atoms with Crippen molar-refractivity contribution in [1.82, 2.24) is 10.2 Å². The van der Waals surface area contributed by atoms with Crippen LogP contribution in [0.5, 0.6) is 0 Å². The summed E-state index contributed by atoms with van der Waals surface area (Å²) in [5, 5.41) is 3.34. The average Bonchev–Trinajstić information content (AvgIpc) is 2.43. The van der Waals surface area contributed by atoms with Crippen LogP contribution in [0.15, 0.2) is 24.3 Å². The van der Waals surface area contributed by atoms with Crippen LogP contribution in [0.25, 0.3) is 0 Å². The predicted octanol–water partition coefficient (Wildman–Crippen LogP) is 1.96. The number of hydrogen-bond acceptors (Lipinski definition) is 2. The molecule has 2 rings (SSSR count). The van der Waals surface area contributed by atoms with Gasteiger partial charge < -0.3 is 10.2 Å². The number of nitrogens with zero attached hydrogens (tertiary/aromatic N) is 1. The van der Waals surface area contributed by atoms with E-state index >= 15 is 0 Å². The highest BCUT2D eigenvalue weighted by Gasteiger charge is 2.25. The lowest BCUT2D eigenvalue weighted by molar-refractivity contribution is -0.132. The molecule has 1 aromatic rings. The molecule has 1 unspecified atom stereocenters. The first-order valence-corrected chi connectivity index (χ1v) is 6.77. The van der Waals surface area contributed by atoms with Gasteiger partial charge in [-0.05, 0) is 24.0 Å². The first-order chi connectivity index (χ1) is 8.72. The summed E-state index contributed by atoms with van der Waals surface area (Å²) in [6.45, 7) is 3.80. The van der Waals surface area contributed by atoms with Crippen molar-refractivity contribution in [2.75, 3.05) is 13.6 Å². The van der Waals surface area contributed by atoms with E-state index in [0.29, 0.717) is 0 Å². The molecule has 1 heterocycles. The third-order valence-corrected chi connectivity index (χ3v) is 3.60. The van der Waals surface area contributed by atoms with E-state index in [9.17, 15) is 4.79 Å².